The normalized spacial score (nSPS) is 17.4. The van der Waals surface area contributed by atoms with Crippen molar-refractivity contribution in [2.24, 2.45) is 14.1 Å². The number of anilines is 1. The summed E-state index contributed by atoms with van der Waals surface area (Å²) in [7, 11) is 3.22. The topological polar surface area (TPSA) is 47.2 Å². The van der Waals surface area contributed by atoms with Crippen LogP contribution >= 0.6 is 0 Å². The molecule has 1 atom stereocenters. The van der Waals surface area contributed by atoms with Crippen LogP contribution in [0.15, 0.2) is 39.9 Å². The number of hydrogen-bond donors (Lipinski definition) is 0. The number of rotatable bonds is 2. The zero-order valence-electron chi connectivity index (χ0n) is 13.2. The lowest BCUT2D eigenvalue weighted by Crippen LogP contribution is -2.40. The van der Waals surface area contributed by atoms with Crippen molar-refractivity contribution in [3.63, 3.8) is 0 Å². The summed E-state index contributed by atoms with van der Waals surface area (Å²) in [5.41, 5.74) is 2.76. The van der Waals surface area contributed by atoms with Gasteiger partial charge in [0.05, 0.1) is 6.54 Å². The second-order valence-corrected chi connectivity index (χ2v) is 6.04. The van der Waals surface area contributed by atoms with E-state index in [4.69, 9.17) is 0 Å². The second kappa shape index (κ2) is 5.48. The van der Waals surface area contributed by atoms with Crippen LogP contribution in [0.2, 0.25) is 0 Å². The molecule has 0 bridgehead atoms. The Hall–Kier alpha value is -2.30. The van der Waals surface area contributed by atoms with Gasteiger partial charge in [-0.15, -0.1) is 0 Å². The van der Waals surface area contributed by atoms with E-state index in [0.717, 1.165) is 23.2 Å². The van der Waals surface area contributed by atoms with Crippen LogP contribution in [0.25, 0.3) is 0 Å². The molecule has 1 aromatic carbocycles. The largest absolute Gasteiger partial charge is 0.365 e. The molecule has 1 aliphatic rings. The van der Waals surface area contributed by atoms with E-state index >= 15 is 0 Å². The maximum absolute atomic E-state index is 12.1. The number of nitrogens with zero attached hydrogens (tertiary/aromatic N) is 3. The third kappa shape index (κ3) is 2.36. The van der Waals surface area contributed by atoms with Gasteiger partial charge in [0, 0.05) is 38.1 Å². The molecular weight excluding hydrogens is 278 g/mol. The van der Waals surface area contributed by atoms with E-state index in [0.29, 0.717) is 12.5 Å². The van der Waals surface area contributed by atoms with Crippen LogP contribution in [-0.2, 0) is 20.6 Å². The molecular formula is C17H21N3O2. The second-order valence-electron chi connectivity index (χ2n) is 6.04. The molecule has 5 nitrogen and oxygen atoms in total. The summed E-state index contributed by atoms with van der Waals surface area (Å²) in [4.78, 5) is 26.2. The van der Waals surface area contributed by atoms with Crippen molar-refractivity contribution < 1.29 is 0 Å². The van der Waals surface area contributed by atoms with Gasteiger partial charge in [-0.25, -0.2) is 4.79 Å². The highest BCUT2D eigenvalue weighted by Gasteiger charge is 2.22. The number of benzene rings is 1. The Morgan fingerprint density at radius 3 is 2.64 bits per heavy atom. The highest BCUT2D eigenvalue weighted by molar-refractivity contribution is 5.57. The lowest BCUT2D eigenvalue weighted by atomic mass is 9.91. The first-order valence-corrected chi connectivity index (χ1v) is 7.59. The summed E-state index contributed by atoms with van der Waals surface area (Å²) in [6, 6.07) is 9.93. The molecule has 0 amide bonds. The molecule has 2 heterocycles. The van der Waals surface area contributed by atoms with Crippen LogP contribution in [-0.4, -0.2) is 15.7 Å². The Balaban J connectivity index is 2.00. The molecule has 1 unspecified atom stereocenters. The van der Waals surface area contributed by atoms with Gasteiger partial charge in [-0.2, -0.15) is 0 Å². The van der Waals surface area contributed by atoms with E-state index in [2.05, 4.69) is 30.0 Å². The molecule has 0 spiro atoms. The Labute approximate surface area is 129 Å². The fourth-order valence-corrected chi connectivity index (χ4v) is 3.11. The Morgan fingerprint density at radius 2 is 1.86 bits per heavy atom. The molecule has 116 valence electrons. The molecule has 5 heteroatoms. The third-order valence-electron chi connectivity index (χ3n) is 4.62. The van der Waals surface area contributed by atoms with E-state index in [-0.39, 0.29) is 11.2 Å². The molecule has 1 aliphatic heterocycles. The molecule has 0 fully saturated rings. The van der Waals surface area contributed by atoms with Crippen LogP contribution in [0.5, 0.6) is 0 Å². The molecule has 0 saturated heterocycles. The van der Waals surface area contributed by atoms with Gasteiger partial charge in [-0.1, -0.05) is 25.1 Å². The fourth-order valence-electron chi connectivity index (χ4n) is 3.11. The van der Waals surface area contributed by atoms with Crippen LogP contribution in [0, 0.1) is 0 Å². The fraction of sp³-hybridized carbons (Fsp3) is 0.412. The minimum Gasteiger partial charge on any atom is -0.365 e. The minimum absolute atomic E-state index is 0.253. The Kier molecular flexibility index (Phi) is 3.64. The highest BCUT2D eigenvalue weighted by Crippen LogP contribution is 2.35. The Morgan fingerprint density at radius 1 is 1.14 bits per heavy atom. The number of aromatic nitrogens is 2. The first-order valence-electron chi connectivity index (χ1n) is 7.59. The predicted molar refractivity (Wildman–Crippen MR) is 87.4 cm³/mol. The molecule has 22 heavy (non-hydrogen) atoms. The lowest BCUT2D eigenvalue weighted by Gasteiger charge is -2.34. The third-order valence-corrected chi connectivity index (χ3v) is 4.62. The molecule has 0 saturated carbocycles. The van der Waals surface area contributed by atoms with E-state index in [1.165, 1.54) is 18.3 Å². The SMILES string of the molecule is CC1CCN(Cc2cc(=O)n(C)c(=O)n2C)c2ccccc21. The van der Waals surface area contributed by atoms with Gasteiger partial charge >= 0.3 is 5.69 Å². The predicted octanol–water partition coefficient (Wildman–Crippen LogP) is 1.60. The summed E-state index contributed by atoms with van der Waals surface area (Å²) >= 11 is 0. The Bertz CT molecular complexity index is 819. The maximum atomic E-state index is 12.1. The van der Waals surface area contributed by atoms with E-state index in [1.807, 2.05) is 6.07 Å². The molecule has 0 N–H and O–H groups in total. The van der Waals surface area contributed by atoms with Crippen LogP contribution in [0.1, 0.15) is 30.5 Å². The molecule has 3 rings (SSSR count). The van der Waals surface area contributed by atoms with Gasteiger partial charge in [0.1, 0.15) is 0 Å². The van der Waals surface area contributed by atoms with Gasteiger partial charge < -0.3 is 4.90 Å². The summed E-state index contributed by atoms with van der Waals surface area (Å²) < 4.78 is 2.69. The van der Waals surface area contributed by atoms with Crippen LogP contribution in [0.3, 0.4) is 0 Å². The summed E-state index contributed by atoms with van der Waals surface area (Å²) in [5, 5.41) is 0. The van der Waals surface area contributed by atoms with Gasteiger partial charge in [-0.05, 0) is 24.0 Å². The van der Waals surface area contributed by atoms with Crippen LogP contribution < -0.4 is 16.1 Å². The minimum atomic E-state index is -0.277. The van der Waals surface area contributed by atoms with Gasteiger partial charge in [-0.3, -0.25) is 13.9 Å². The quantitative estimate of drug-likeness (QED) is 0.846. The maximum Gasteiger partial charge on any atom is 0.330 e. The molecule has 0 aliphatic carbocycles. The van der Waals surface area contributed by atoms with E-state index in [1.54, 1.807) is 17.7 Å². The summed E-state index contributed by atoms with van der Waals surface area (Å²) in [6.45, 7) is 3.75. The van der Waals surface area contributed by atoms with E-state index < -0.39 is 0 Å². The van der Waals surface area contributed by atoms with E-state index in [9.17, 15) is 9.59 Å². The first kappa shape index (κ1) is 14.6. The summed E-state index contributed by atoms with van der Waals surface area (Å²) in [5.74, 6) is 0.542. The van der Waals surface area contributed by atoms with Crippen molar-refractivity contribution in [3.05, 3.63) is 62.4 Å². The first-order chi connectivity index (χ1) is 10.5. The van der Waals surface area contributed by atoms with Crippen molar-refractivity contribution in [1.29, 1.82) is 0 Å². The van der Waals surface area contributed by atoms with Gasteiger partial charge in [0.25, 0.3) is 5.56 Å². The van der Waals surface area contributed by atoms with Crippen molar-refractivity contribution in [2.45, 2.75) is 25.8 Å². The molecule has 2 aromatic rings. The average molecular weight is 299 g/mol. The zero-order valence-corrected chi connectivity index (χ0v) is 13.2. The standard InChI is InChI=1S/C17H21N3O2/c1-12-8-9-20(15-7-5-4-6-14(12)15)11-13-10-16(21)19(3)17(22)18(13)2/h4-7,10,12H,8-9,11H2,1-3H3. The number of hydrogen-bond acceptors (Lipinski definition) is 3. The smallest absolute Gasteiger partial charge is 0.330 e. The monoisotopic (exact) mass is 299 g/mol. The highest BCUT2D eigenvalue weighted by atomic mass is 16.2. The van der Waals surface area contributed by atoms with Crippen molar-refractivity contribution in [2.75, 3.05) is 11.4 Å². The molecule has 0 radical (unpaired) electrons. The van der Waals surface area contributed by atoms with Gasteiger partial charge in [0.15, 0.2) is 0 Å². The van der Waals surface area contributed by atoms with Crippen molar-refractivity contribution in [1.82, 2.24) is 9.13 Å². The van der Waals surface area contributed by atoms with Crippen molar-refractivity contribution in [3.8, 4) is 0 Å². The lowest BCUT2D eigenvalue weighted by molar-refractivity contribution is 0.584. The molecule has 1 aromatic heterocycles. The summed E-state index contributed by atoms with van der Waals surface area (Å²) in [6.07, 6.45) is 1.08. The van der Waals surface area contributed by atoms with Crippen molar-refractivity contribution >= 4 is 5.69 Å². The van der Waals surface area contributed by atoms with Gasteiger partial charge in [0.2, 0.25) is 0 Å². The van der Waals surface area contributed by atoms with Crippen LogP contribution in [0.4, 0.5) is 5.69 Å². The average Bonchev–Trinajstić information content (AvgIpc) is 2.53. The number of fused-ring (bicyclic) bond motifs is 1. The zero-order chi connectivity index (χ0) is 15.9. The number of para-hydroxylation sites is 1.